The highest BCUT2D eigenvalue weighted by Gasteiger charge is 2.24. The number of rotatable bonds is 4. The molecule has 1 aromatic heterocycles. The van der Waals surface area contributed by atoms with Crippen LogP contribution in [0.3, 0.4) is 0 Å². The van der Waals surface area contributed by atoms with Crippen molar-refractivity contribution in [1.29, 1.82) is 0 Å². The summed E-state index contributed by atoms with van der Waals surface area (Å²) < 4.78 is 36.9. The molecule has 1 amide bonds. The van der Waals surface area contributed by atoms with E-state index in [9.17, 15) is 17.6 Å². The first-order valence-corrected chi connectivity index (χ1v) is 7.89. The fourth-order valence-corrected chi connectivity index (χ4v) is 2.92. The second-order valence-electron chi connectivity index (χ2n) is 4.52. The predicted octanol–water partition coefficient (Wildman–Crippen LogP) is 1.37. The average Bonchev–Trinajstić information content (AvgIpc) is 2.93. The molecule has 1 aliphatic rings. The largest absolute Gasteiger partial charge is 0.277 e. The number of hydrogen-bond acceptors (Lipinski definition) is 4. The van der Waals surface area contributed by atoms with E-state index < -0.39 is 25.9 Å². The molecule has 20 heavy (non-hydrogen) atoms. The number of carbonyl (C=O) groups excluding carboxylic acids is 1. The van der Waals surface area contributed by atoms with Gasteiger partial charge in [0.25, 0.3) is 10.0 Å². The summed E-state index contributed by atoms with van der Waals surface area (Å²) in [5, 5.41) is -0.418. The van der Waals surface area contributed by atoms with Crippen molar-refractivity contribution >= 4 is 27.5 Å². The zero-order valence-electron chi connectivity index (χ0n) is 10.4. The molecule has 1 aliphatic carbocycles. The van der Waals surface area contributed by atoms with Crippen LogP contribution in [0.25, 0.3) is 0 Å². The van der Waals surface area contributed by atoms with Gasteiger partial charge in [0.2, 0.25) is 5.91 Å². The minimum atomic E-state index is -4.07. The van der Waals surface area contributed by atoms with Gasteiger partial charge in [0.15, 0.2) is 11.0 Å². The SMILES string of the molecule is O=C(NNS(=O)(=O)c1cnc(Cl)c(F)c1)C1CCCC1. The summed E-state index contributed by atoms with van der Waals surface area (Å²) in [7, 11) is -4.07. The fraction of sp³-hybridized carbons (Fsp3) is 0.455. The highest BCUT2D eigenvalue weighted by atomic mass is 35.5. The minimum absolute atomic E-state index is 0.183. The van der Waals surface area contributed by atoms with Crippen molar-refractivity contribution in [2.24, 2.45) is 5.92 Å². The lowest BCUT2D eigenvalue weighted by Crippen LogP contribution is -2.44. The van der Waals surface area contributed by atoms with Gasteiger partial charge in [0.05, 0.1) is 0 Å². The summed E-state index contributed by atoms with van der Waals surface area (Å²) in [6, 6.07) is 0.736. The van der Waals surface area contributed by atoms with Crippen molar-refractivity contribution in [1.82, 2.24) is 15.2 Å². The molecule has 1 fully saturated rings. The van der Waals surface area contributed by atoms with Gasteiger partial charge in [-0.3, -0.25) is 10.2 Å². The number of sulfonamides is 1. The highest BCUT2D eigenvalue weighted by Crippen LogP contribution is 2.24. The Morgan fingerprint density at radius 2 is 2.05 bits per heavy atom. The first-order valence-electron chi connectivity index (χ1n) is 6.03. The van der Waals surface area contributed by atoms with Gasteiger partial charge < -0.3 is 0 Å². The molecule has 0 atom stereocenters. The summed E-state index contributed by atoms with van der Waals surface area (Å²) in [6.07, 6.45) is 4.30. The third-order valence-corrected chi connectivity index (χ3v) is 4.61. The van der Waals surface area contributed by atoms with Gasteiger partial charge in [-0.15, -0.1) is 4.83 Å². The van der Waals surface area contributed by atoms with Gasteiger partial charge in [0, 0.05) is 12.1 Å². The first-order chi connectivity index (χ1) is 9.40. The Bertz CT molecular complexity index is 617. The van der Waals surface area contributed by atoms with Crippen molar-refractivity contribution in [3.8, 4) is 0 Å². The monoisotopic (exact) mass is 321 g/mol. The number of carbonyl (C=O) groups is 1. The van der Waals surface area contributed by atoms with E-state index in [1.807, 2.05) is 4.83 Å². The Labute approximate surface area is 120 Å². The van der Waals surface area contributed by atoms with Crippen LogP contribution in [0.4, 0.5) is 4.39 Å². The maximum Gasteiger partial charge on any atom is 0.259 e. The Kier molecular flexibility index (Phi) is 4.56. The minimum Gasteiger partial charge on any atom is -0.277 e. The Morgan fingerprint density at radius 3 is 2.65 bits per heavy atom. The Hall–Kier alpha value is -1.25. The molecule has 6 nitrogen and oxygen atoms in total. The number of pyridine rings is 1. The third-order valence-electron chi connectivity index (χ3n) is 3.12. The van der Waals surface area contributed by atoms with E-state index in [-0.39, 0.29) is 11.8 Å². The predicted molar refractivity (Wildman–Crippen MR) is 69.6 cm³/mol. The van der Waals surface area contributed by atoms with Gasteiger partial charge in [-0.2, -0.15) is 0 Å². The molecule has 0 bridgehead atoms. The molecule has 2 N–H and O–H groups in total. The van der Waals surface area contributed by atoms with Crippen LogP contribution in [0.5, 0.6) is 0 Å². The number of aromatic nitrogens is 1. The molecule has 1 saturated carbocycles. The molecular weight excluding hydrogens is 309 g/mol. The van der Waals surface area contributed by atoms with E-state index >= 15 is 0 Å². The molecule has 0 radical (unpaired) electrons. The molecule has 1 heterocycles. The highest BCUT2D eigenvalue weighted by molar-refractivity contribution is 7.89. The Morgan fingerprint density at radius 1 is 1.40 bits per heavy atom. The zero-order valence-corrected chi connectivity index (χ0v) is 12.0. The van der Waals surface area contributed by atoms with Crippen LogP contribution in [-0.4, -0.2) is 19.3 Å². The summed E-state index contributed by atoms with van der Waals surface area (Å²) in [5.74, 6) is -1.51. The molecule has 1 aromatic rings. The van der Waals surface area contributed by atoms with Crippen LogP contribution < -0.4 is 10.3 Å². The fourth-order valence-electron chi connectivity index (χ4n) is 2.02. The van der Waals surface area contributed by atoms with Gasteiger partial charge in [-0.1, -0.05) is 24.4 Å². The smallest absolute Gasteiger partial charge is 0.259 e. The lowest BCUT2D eigenvalue weighted by Gasteiger charge is -2.11. The average molecular weight is 322 g/mol. The van der Waals surface area contributed by atoms with Crippen molar-refractivity contribution in [3.63, 3.8) is 0 Å². The second-order valence-corrected chi connectivity index (χ2v) is 6.56. The van der Waals surface area contributed by atoms with Crippen molar-refractivity contribution in [2.75, 3.05) is 0 Å². The summed E-state index contributed by atoms with van der Waals surface area (Å²) in [4.78, 5) is 16.6. The number of hydrogen-bond donors (Lipinski definition) is 2. The third kappa shape index (κ3) is 3.44. The van der Waals surface area contributed by atoms with E-state index in [1.165, 1.54) is 0 Å². The first kappa shape index (κ1) is 15.1. The van der Waals surface area contributed by atoms with Crippen LogP contribution >= 0.6 is 11.6 Å². The maximum atomic E-state index is 13.2. The lowest BCUT2D eigenvalue weighted by atomic mass is 10.1. The van der Waals surface area contributed by atoms with Gasteiger partial charge in [0.1, 0.15) is 4.90 Å². The molecule has 110 valence electrons. The van der Waals surface area contributed by atoms with Gasteiger partial charge >= 0.3 is 0 Å². The standard InChI is InChI=1S/C11H13ClFN3O3S/c12-10-9(13)5-8(6-14-10)20(18,19)16-15-11(17)7-3-1-2-4-7/h5-7,16H,1-4H2,(H,15,17). The molecule has 0 saturated heterocycles. The van der Waals surface area contributed by atoms with Crippen molar-refractivity contribution < 1.29 is 17.6 Å². The number of hydrazine groups is 1. The maximum absolute atomic E-state index is 13.2. The van der Waals surface area contributed by atoms with E-state index in [0.29, 0.717) is 0 Å². The topological polar surface area (TPSA) is 88.2 Å². The summed E-state index contributed by atoms with van der Waals surface area (Å²) in [6.45, 7) is 0. The zero-order chi connectivity index (χ0) is 14.8. The van der Waals surface area contributed by atoms with Crippen LogP contribution in [0.2, 0.25) is 5.15 Å². The number of halogens is 2. The summed E-state index contributed by atoms with van der Waals surface area (Å²) >= 11 is 5.37. The molecule has 0 spiro atoms. The molecule has 2 rings (SSSR count). The summed E-state index contributed by atoms with van der Waals surface area (Å²) in [5.41, 5.74) is 2.14. The number of nitrogens with zero attached hydrogens (tertiary/aromatic N) is 1. The second kappa shape index (κ2) is 6.02. The number of nitrogens with one attached hydrogen (secondary N) is 2. The molecular formula is C11H13ClFN3O3S. The lowest BCUT2D eigenvalue weighted by molar-refractivity contribution is -0.125. The molecule has 0 aliphatic heterocycles. The van der Waals surface area contributed by atoms with E-state index in [1.54, 1.807) is 0 Å². The van der Waals surface area contributed by atoms with Gasteiger partial charge in [-0.05, 0) is 18.9 Å². The quantitative estimate of drug-likeness (QED) is 0.647. The van der Waals surface area contributed by atoms with Crippen molar-refractivity contribution in [3.05, 3.63) is 23.2 Å². The van der Waals surface area contributed by atoms with Crippen LogP contribution in [0.1, 0.15) is 25.7 Å². The normalized spacial score (nSPS) is 16.3. The Balaban J connectivity index is 2.03. The van der Waals surface area contributed by atoms with E-state index in [0.717, 1.165) is 37.9 Å². The van der Waals surface area contributed by atoms with E-state index in [4.69, 9.17) is 11.6 Å². The van der Waals surface area contributed by atoms with Crippen LogP contribution in [0.15, 0.2) is 17.2 Å². The molecule has 0 aromatic carbocycles. The van der Waals surface area contributed by atoms with Crippen molar-refractivity contribution in [2.45, 2.75) is 30.6 Å². The molecule has 9 heteroatoms. The molecule has 0 unspecified atom stereocenters. The van der Waals surface area contributed by atoms with E-state index in [2.05, 4.69) is 10.4 Å². The number of amides is 1. The van der Waals surface area contributed by atoms with Crippen LogP contribution in [-0.2, 0) is 14.8 Å². The van der Waals surface area contributed by atoms with Gasteiger partial charge in [-0.25, -0.2) is 17.8 Å². The van der Waals surface area contributed by atoms with Crippen LogP contribution in [0, 0.1) is 11.7 Å².